The summed E-state index contributed by atoms with van der Waals surface area (Å²) < 4.78 is 1.19. The van der Waals surface area contributed by atoms with Crippen LogP contribution in [0, 0.1) is 0 Å². The van der Waals surface area contributed by atoms with Gasteiger partial charge in [0, 0.05) is 118 Å². The number of hydrogen-bond acceptors (Lipinski definition) is 9. The van der Waals surface area contributed by atoms with Gasteiger partial charge in [-0.3, -0.25) is 9.97 Å². The van der Waals surface area contributed by atoms with Crippen molar-refractivity contribution in [2.24, 2.45) is 0 Å². The van der Waals surface area contributed by atoms with Crippen LogP contribution >= 0.6 is 11.3 Å². The van der Waals surface area contributed by atoms with Gasteiger partial charge >= 0.3 is 0 Å². The Kier molecular flexibility index (Phi) is 21.0. The topological polar surface area (TPSA) is 103 Å². The summed E-state index contributed by atoms with van der Waals surface area (Å²) >= 11 is 1.74. The molecule has 28 rings (SSSR count). The summed E-state index contributed by atoms with van der Waals surface area (Å²) in [7, 11) is 0. The third-order valence-corrected chi connectivity index (χ3v) is 28.6. The van der Waals surface area contributed by atoms with E-state index in [9.17, 15) is 0 Å². The molecular formula is C132H82N8S. The highest BCUT2D eigenvalue weighted by molar-refractivity contribution is 7.21. The highest BCUT2D eigenvalue weighted by Gasteiger charge is 2.25. The molecule has 0 amide bonds. The predicted molar refractivity (Wildman–Crippen MR) is 592 cm³/mol. The molecule has 0 saturated heterocycles. The molecule has 8 nitrogen and oxygen atoms in total. The summed E-state index contributed by atoms with van der Waals surface area (Å²) in [5.41, 5.74) is 28.5. The van der Waals surface area contributed by atoms with E-state index in [4.69, 9.17) is 29.9 Å². The standard InChI is InChI=1S/C50H32N2.C42H26N4.C40H24N2S/c1-3-14-35(15-4-1)46-31-39(32-47(51-46)36-16-5-2-6-17-36)34-28-26-33(27-29-34)37-18-13-19-38(30-37)50-49-43-23-10-8-21-41(43)40-20-7-9-22-42(40)48(49)44-24-11-12-25-45(44)52-50;1-3-12-34-32(10-1)33-11-2-4-13-35(33)41-40(34)36-14-5-6-15-37(36)46-42(41)30-9-7-8-29(24-30)31-25-38(27-16-20-43-21-17-27)45-39(26-31)28-18-22-44-23-19-28;1-2-11-25(12-3-1)40-42-35-24-27(21-22-36(35)43-40)26-13-10-14-28(23-26)39-38-32-18-7-5-16-30(32)29-15-4-6-17-31(29)37(38)33-19-8-9-20-34(33)41-39/h1-32H;1-26H;1-24H. The molecule has 20 aromatic carbocycles. The van der Waals surface area contributed by atoms with E-state index in [-0.39, 0.29) is 0 Å². The zero-order valence-electron chi connectivity index (χ0n) is 76.3. The summed E-state index contributed by atoms with van der Waals surface area (Å²) in [6.45, 7) is 0. The van der Waals surface area contributed by atoms with Gasteiger partial charge in [-0.25, -0.2) is 29.9 Å². The van der Waals surface area contributed by atoms with Crippen molar-refractivity contribution in [3.63, 3.8) is 0 Å². The first-order valence-corrected chi connectivity index (χ1v) is 48.4. The maximum Gasteiger partial charge on any atom is 0.124 e. The smallest absolute Gasteiger partial charge is 0.124 e. The van der Waals surface area contributed by atoms with Crippen molar-refractivity contribution in [1.29, 1.82) is 0 Å². The summed E-state index contributed by atoms with van der Waals surface area (Å²) in [5.74, 6) is 0. The minimum Gasteiger partial charge on any atom is -0.265 e. The third-order valence-electron chi connectivity index (χ3n) is 27.5. The number of nitrogens with zero attached hydrogens (tertiary/aromatic N) is 8. The summed E-state index contributed by atoms with van der Waals surface area (Å²) in [6.07, 6.45) is 7.23. The van der Waals surface area contributed by atoms with Gasteiger partial charge < -0.3 is 0 Å². The van der Waals surface area contributed by atoms with E-state index in [1.54, 1.807) is 36.1 Å². The number of aromatic nitrogens is 8. The summed E-state index contributed by atoms with van der Waals surface area (Å²) in [5, 5.41) is 26.8. The normalized spacial score (nSPS) is 11.5. The highest BCUT2D eigenvalue weighted by atomic mass is 32.1. The number of thiazole rings is 1. The predicted octanol–water partition coefficient (Wildman–Crippen LogP) is 35.3. The van der Waals surface area contributed by atoms with Gasteiger partial charge in [-0.15, -0.1) is 11.3 Å². The molecule has 9 heteroatoms. The van der Waals surface area contributed by atoms with Crippen LogP contribution in [0.25, 0.3) is 274 Å². The van der Waals surface area contributed by atoms with Crippen LogP contribution in [0.15, 0.2) is 498 Å². The van der Waals surface area contributed by atoms with E-state index in [0.717, 1.165) is 161 Å². The first-order valence-electron chi connectivity index (χ1n) is 47.6. The molecule has 141 heavy (non-hydrogen) atoms. The molecule has 0 saturated carbocycles. The average molecular weight is 1810 g/mol. The van der Waals surface area contributed by atoms with Crippen LogP contribution in [0.5, 0.6) is 0 Å². The van der Waals surface area contributed by atoms with E-state index < -0.39 is 0 Å². The number of hydrogen-bond donors (Lipinski definition) is 0. The number of fused-ring (bicyclic) bond motifs is 25. The van der Waals surface area contributed by atoms with Gasteiger partial charge in [-0.05, 0) is 206 Å². The highest BCUT2D eigenvalue weighted by Crippen LogP contribution is 2.49. The Balaban J connectivity index is 0.000000109. The van der Waals surface area contributed by atoms with Crippen molar-refractivity contribution in [3.05, 3.63) is 498 Å². The molecule has 8 heterocycles. The van der Waals surface area contributed by atoms with E-state index in [1.807, 2.05) is 42.5 Å². The lowest BCUT2D eigenvalue weighted by Crippen LogP contribution is -1.94. The van der Waals surface area contributed by atoms with Crippen LogP contribution < -0.4 is 0 Å². The van der Waals surface area contributed by atoms with Crippen LogP contribution in [0.3, 0.4) is 0 Å². The molecule has 0 bridgehead atoms. The van der Waals surface area contributed by atoms with Gasteiger partial charge in [0.2, 0.25) is 0 Å². The zero-order chi connectivity index (χ0) is 93.2. The molecule has 0 fully saturated rings. The fraction of sp³-hybridized carbons (Fsp3) is 0. The van der Waals surface area contributed by atoms with Crippen LogP contribution in [-0.4, -0.2) is 39.9 Å². The summed E-state index contributed by atoms with van der Waals surface area (Å²) in [6, 6.07) is 168. The Morgan fingerprint density at radius 3 is 0.738 bits per heavy atom. The molecule has 0 aliphatic carbocycles. The fourth-order valence-electron chi connectivity index (χ4n) is 21.0. The quantitative estimate of drug-likeness (QED) is 0.111. The van der Waals surface area contributed by atoms with Crippen molar-refractivity contribution in [2.75, 3.05) is 0 Å². The Morgan fingerprint density at radius 2 is 0.383 bits per heavy atom. The van der Waals surface area contributed by atoms with Crippen molar-refractivity contribution in [1.82, 2.24) is 39.9 Å². The van der Waals surface area contributed by atoms with Gasteiger partial charge in [0.25, 0.3) is 0 Å². The maximum absolute atomic E-state index is 5.38. The lowest BCUT2D eigenvalue weighted by molar-refractivity contribution is 1.27. The first kappa shape index (κ1) is 83.1. The van der Waals surface area contributed by atoms with Crippen molar-refractivity contribution < 1.29 is 0 Å². The lowest BCUT2D eigenvalue weighted by Gasteiger charge is -2.17. The van der Waals surface area contributed by atoms with Crippen molar-refractivity contribution >= 4 is 151 Å². The molecule has 0 unspecified atom stereocenters. The summed E-state index contributed by atoms with van der Waals surface area (Å²) in [4.78, 5) is 39.7. The van der Waals surface area contributed by atoms with Gasteiger partial charge in [-0.2, -0.15) is 0 Å². The van der Waals surface area contributed by atoms with E-state index in [2.05, 4.69) is 441 Å². The zero-order valence-corrected chi connectivity index (χ0v) is 77.1. The molecule has 28 aromatic rings. The van der Waals surface area contributed by atoms with Crippen LogP contribution in [0.1, 0.15) is 0 Å². The molecule has 0 N–H and O–H groups in total. The third kappa shape index (κ3) is 15.2. The second-order valence-corrected chi connectivity index (χ2v) is 36.8. The number of benzene rings is 20. The minimum atomic E-state index is 0.892. The molecule has 0 aliphatic heterocycles. The molecular weight excluding hydrogens is 1730 g/mol. The second kappa shape index (κ2) is 35.6. The van der Waals surface area contributed by atoms with Gasteiger partial charge in [0.1, 0.15) is 5.01 Å². The van der Waals surface area contributed by atoms with Crippen molar-refractivity contribution in [2.45, 2.75) is 0 Å². The number of rotatable bonds is 12. The maximum atomic E-state index is 5.38. The van der Waals surface area contributed by atoms with Gasteiger partial charge in [-0.1, -0.05) is 376 Å². The lowest BCUT2D eigenvalue weighted by atomic mass is 9.89. The molecule has 0 atom stereocenters. The molecule has 656 valence electrons. The second-order valence-electron chi connectivity index (χ2n) is 35.8. The van der Waals surface area contributed by atoms with E-state index in [0.29, 0.717) is 0 Å². The van der Waals surface area contributed by atoms with Crippen LogP contribution in [-0.2, 0) is 0 Å². The Labute approximate surface area is 817 Å². The average Bonchev–Trinajstić information content (AvgIpc) is 0.885. The largest absolute Gasteiger partial charge is 0.265 e. The molecule has 8 aromatic heterocycles. The van der Waals surface area contributed by atoms with Gasteiger partial charge in [0.15, 0.2) is 0 Å². The SMILES string of the molecule is c1cc(-c2cc(-c3ccncc3)nc(-c3ccncc3)c2)cc(-c2nc3ccccc3c3c4ccccc4c4ccccc4c23)c1.c1ccc(-c2cc(-c3ccc(-c4cccc(-c5nc6ccccc6c6c7ccccc7c7ccccc7c56)c4)cc3)cc(-c3ccccc3)n2)cc1.c1ccc(-c2nc3cc(-c4cccc(-c5nc6ccccc6c6c7ccccc7c7ccccc7c56)c4)ccc3s2)cc1. The first-order chi connectivity index (χ1) is 69.9. The molecule has 0 radical (unpaired) electrons. The Morgan fingerprint density at radius 1 is 0.135 bits per heavy atom. The van der Waals surface area contributed by atoms with Crippen LogP contribution in [0.2, 0.25) is 0 Å². The van der Waals surface area contributed by atoms with E-state index >= 15 is 0 Å². The van der Waals surface area contributed by atoms with Crippen molar-refractivity contribution in [3.8, 4) is 134 Å². The van der Waals surface area contributed by atoms with E-state index in [1.165, 1.54) is 112 Å². The Bertz CT molecular complexity index is 9690. The number of pyridine rings is 7. The minimum absolute atomic E-state index is 0.892. The molecule has 0 aliphatic rings. The monoisotopic (exact) mass is 1810 g/mol. The van der Waals surface area contributed by atoms with Gasteiger partial charge in [0.05, 0.1) is 66.6 Å². The molecule has 0 spiro atoms. The number of para-hydroxylation sites is 3. The Hall–Kier alpha value is -18.5. The van der Waals surface area contributed by atoms with Crippen LogP contribution in [0.4, 0.5) is 0 Å². The fourth-order valence-corrected chi connectivity index (χ4v) is 21.9.